The molecule has 144 valence electrons. The van der Waals surface area contributed by atoms with Gasteiger partial charge in [0.1, 0.15) is 30.7 Å². The van der Waals surface area contributed by atoms with Crippen LogP contribution in [-0.4, -0.2) is 32.2 Å². The Balaban J connectivity index is 0.000000516. The van der Waals surface area contributed by atoms with Crippen molar-refractivity contribution in [1.82, 2.24) is 9.55 Å². The molecule has 0 saturated carbocycles. The van der Waals surface area contributed by atoms with Gasteiger partial charge in [0.15, 0.2) is 0 Å². The fraction of sp³-hybridized carbons (Fsp3) is 0.158. The molecule has 1 aliphatic heterocycles. The third-order valence-electron chi connectivity index (χ3n) is 4.00. The van der Waals surface area contributed by atoms with Crippen molar-refractivity contribution in [3.8, 4) is 5.75 Å². The second kappa shape index (κ2) is 9.17. The molecule has 2 heterocycles. The minimum Gasteiger partial charge on any atom is -0.490 e. The maximum absolute atomic E-state index is 8.36. The van der Waals surface area contributed by atoms with E-state index in [0.29, 0.717) is 13.2 Å². The van der Waals surface area contributed by atoms with Gasteiger partial charge in [0, 0.05) is 18.0 Å². The van der Waals surface area contributed by atoms with Gasteiger partial charge in [-0.3, -0.25) is 0 Å². The maximum Gasteiger partial charge on any atom is 0.291 e. The topological polar surface area (TPSA) is 112 Å². The molecule has 28 heavy (non-hydrogen) atoms. The Kier molecular flexibility index (Phi) is 6.19. The standard InChI is InChI=1S/C19H17N3O2.HNO3/c1-2-6-15(7-3-1)12-24-21-19-16-8-4-5-9-18(16)23-13-17(19)22-11-10-20-14-22;2-1(3)4/h1-11,14,17H,12-13H2;(H,2,3,4)/b21-19+;. The van der Waals surface area contributed by atoms with E-state index in [2.05, 4.69) is 10.1 Å². The summed E-state index contributed by atoms with van der Waals surface area (Å²) in [4.78, 5) is 18.1. The van der Waals surface area contributed by atoms with Crippen LogP contribution in [0.15, 0.2) is 78.5 Å². The summed E-state index contributed by atoms with van der Waals surface area (Å²) in [5.74, 6) is 0.830. The Bertz CT molecular complexity index is 925. The normalized spacial score (nSPS) is 16.3. The number of para-hydroxylation sites is 1. The SMILES string of the molecule is O=[N+]([O-])O.c1ccc(CO/N=C2\c3ccccc3OCC2n2ccnc2)cc1. The van der Waals surface area contributed by atoms with E-state index in [0.717, 1.165) is 22.6 Å². The average Bonchev–Trinajstić information content (AvgIpc) is 3.23. The van der Waals surface area contributed by atoms with Gasteiger partial charge in [-0.1, -0.05) is 47.6 Å². The molecular weight excluding hydrogens is 364 g/mol. The third-order valence-corrected chi connectivity index (χ3v) is 4.00. The zero-order valence-electron chi connectivity index (χ0n) is 14.8. The lowest BCUT2D eigenvalue weighted by atomic mass is 10.00. The van der Waals surface area contributed by atoms with Gasteiger partial charge in [-0.2, -0.15) is 0 Å². The Morgan fingerprint density at radius 3 is 2.68 bits per heavy atom. The minimum atomic E-state index is -1.50. The third kappa shape index (κ3) is 4.85. The molecule has 1 aliphatic rings. The number of hydrogen-bond acceptors (Lipinski definition) is 6. The molecule has 9 nitrogen and oxygen atoms in total. The predicted molar refractivity (Wildman–Crippen MR) is 99.7 cm³/mol. The summed E-state index contributed by atoms with van der Waals surface area (Å²) in [5, 5.41) is 18.1. The molecule has 4 rings (SSSR count). The summed E-state index contributed by atoms with van der Waals surface area (Å²) < 4.78 is 7.86. The van der Waals surface area contributed by atoms with Gasteiger partial charge in [0.05, 0.1) is 6.33 Å². The Labute approximate surface area is 160 Å². The fourth-order valence-electron chi connectivity index (χ4n) is 2.77. The number of fused-ring (bicyclic) bond motifs is 1. The number of nitrogens with zero attached hydrogens (tertiary/aromatic N) is 4. The van der Waals surface area contributed by atoms with Crippen molar-refractivity contribution in [1.29, 1.82) is 0 Å². The molecule has 1 N–H and O–H groups in total. The molecule has 0 spiro atoms. The van der Waals surface area contributed by atoms with Crippen LogP contribution in [0, 0.1) is 10.1 Å². The van der Waals surface area contributed by atoms with Gasteiger partial charge < -0.3 is 19.3 Å². The first kappa shape index (κ1) is 18.9. The summed E-state index contributed by atoms with van der Waals surface area (Å²) in [6, 6.07) is 17.8. The number of imidazole rings is 1. The molecule has 1 unspecified atom stereocenters. The molecule has 2 aromatic carbocycles. The van der Waals surface area contributed by atoms with Crippen molar-refractivity contribution in [3.05, 3.63) is 94.6 Å². The number of oxime groups is 1. The van der Waals surface area contributed by atoms with Crippen LogP contribution < -0.4 is 4.74 Å². The first-order valence-corrected chi connectivity index (χ1v) is 8.42. The predicted octanol–water partition coefficient (Wildman–Crippen LogP) is 3.09. The van der Waals surface area contributed by atoms with Gasteiger partial charge >= 0.3 is 0 Å². The quantitative estimate of drug-likeness (QED) is 0.548. The van der Waals surface area contributed by atoms with Crippen molar-refractivity contribution in [2.24, 2.45) is 5.16 Å². The van der Waals surface area contributed by atoms with Crippen molar-refractivity contribution in [3.63, 3.8) is 0 Å². The average molecular weight is 382 g/mol. The summed E-state index contributed by atoms with van der Waals surface area (Å²) in [5.41, 5.74) is 2.89. The Morgan fingerprint density at radius 1 is 1.25 bits per heavy atom. The minimum absolute atomic E-state index is 0.0572. The molecule has 3 aromatic rings. The van der Waals surface area contributed by atoms with Gasteiger partial charge in [-0.05, 0) is 17.7 Å². The lowest BCUT2D eigenvalue weighted by Crippen LogP contribution is -2.30. The van der Waals surface area contributed by atoms with E-state index >= 15 is 0 Å². The van der Waals surface area contributed by atoms with Gasteiger partial charge in [-0.15, -0.1) is 10.1 Å². The lowest BCUT2D eigenvalue weighted by Gasteiger charge is -2.27. The largest absolute Gasteiger partial charge is 0.490 e. The van der Waals surface area contributed by atoms with Crippen molar-refractivity contribution in [2.45, 2.75) is 12.6 Å². The highest BCUT2D eigenvalue weighted by molar-refractivity contribution is 6.06. The van der Waals surface area contributed by atoms with Gasteiger partial charge in [0.25, 0.3) is 5.09 Å². The van der Waals surface area contributed by atoms with E-state index in [1.54, 1.807) is 12.5 Å². The summed E-state index contributed by atoms with van der Waals surface area (Å²) in [6.45, 7) is 0.935. The van der Waals surface area contributed by atoms with E-state index in [1.807, 2.05) is 65.4 Å². The van der Waals surface area contributed by atoms with E-state index < -0.39 is 5.09 Å². The Morgan fingerprint density at radius 2 is 1.96 bits per heavy atom. The zero-order chi connectivity index (χ0) is 19.8. The van der Waals surface area contributed by atoms with Gasteiger partial charge in [0.2, 0.25) is 0 Å². The second-order valence-electron chi connectivity index (χ2n) is 5.81. The number of rotatable bonds is 4. The maximum atomic E-state index is 8.36. The first-order valence-electron chi connectivity index (χ1n) is 8.42. The fourth-order valence-corrected chi connectivity index (χ4v) is 2.77. The molecule has 0 saturated heterocycles. The van der Waals surface area contributed by atoms with E-state index in [1.165, 1.54) is 0 Å². The van der Waals surface area contributed by atoms with Gasteiger partial charge in [-0.25, -0.2) is 4.98 Å². The smallest absolute Gasteiger partial charge is 0.291 e. The zero-order valence-corrected chi connectivity index (χ0v) is 14.8. The highest BCUT2D eigenvalue weighted by Crippen LogP contribution is 2.30. The van der Waals surface area contributed by atoms with Crippen molar-refractivity contribution in [2.75, 3.05) is 6.61 Å². The number of ether oxygens (including phenoxy) is 1. The van der Waals surface area contributed by atoms with Crippen LogP contribution in [0.25, 0.3) is 0 Å². The molecule has 0 fully saturated rings. The van der Waals surface area contributed by atoms with E-state index in [9.17, 15) is 0 Å². The van der Waals surface area contributed by atoms with Crippen molar-refractivity contribution >= 4 is 5.71 Å². The summed E-state index contributed by atoms with van der Waals surface area (Å²) in [6.07, 6.45) is 5.44. The van der Waals surface area contributed by atoms with Crippen LogP contribution >= 0.6 is 0 Å². The van der Waals surface area contributed by atoms with Crippen LogP contribution in [0.2, 0.25) is 0 Å². The highest BCUT2D eigenvalue weighted by Gasteiger charge is 2.28. The summed E-state index contributed by atoms with van der Waals surface area (Å²) >= 11 is 0. The molecule has 0 aliphatic carbocycles. The monoisotopic (exact) mass is 382 g/mol. The number of aromatic nitrogens is 2. The van der Waals surface area contributed by atoms with Crippen LogP contribution in [0.4, 0.5) is 0 Å². The van der Waals surface area contributed by atoms with Crippen LogP contribution in [0.5, 0.6) is 5.75 Å². The van der Waals surface area contributed by atoms with Crippen LogP contribution in [0.3, 0.4) is 0 Å². The molecular formula is C19H18N4O5. The van der Waals surface area contributed by atoms with Crippen LogP contribution in [0.1, 0.15) is 17.2 Å². The Hall–Kier alpha value is -3.88. The molecule has 0 bridgehead atoms. The molecule has 9 heteroatoms. The number of hydrogen-bond donors (Lipinski definition) is 1. The van der Waals surface area contributed by atoms with Crippen LogP contribution in [-0.2, 0) is 11.4 Å². The summed E-state index contributed by atoms with van der Waals surface area (Å²) in [7, 11) is 0. The van der Waals surface area contributed by atoms with E-state index in [4.69, 9.17) is 24.9 Å². The van der Waals surface area contributed by atoms with E-state index in [-0.39, 0.29) is 6.04 Å². The number of benzene rings is 2. The molecule has 1 atom stereocenters. The molecule has 1 aromatic heterocycles. The highest BCUT2D eigenvalue weighted by atomic mass is 16.9. The first-order chi connectivity index (χ1) is 13.6. The van der Waals surface area contributed by atoms with Crippen molar-refractivity contribution < 1.29 is 19.9 Å². The second-order valence-corrected chi connectivity index (χ2v) is 5.81. The molecule has 0 amide bonds. The molecule has 0 radical (unpaired) electrons. The lowest BCUT2D eigenvalue weighted by molar-refractivity contribution is -0.742.